The molecular weight excluding hydrogens is 364 g/mol. The average Bonchev–Trinajstić information content (AvgIpc) is 3.09. The number of hydrogen-bond acceptors (Lipinski definition) is 1. The van der Waals surface area contributed by atoms with Gasteiger partial charge in [-0.05, 0) is 0 Å². The molecule has 0 bridgehead atoms. The van der Waals surface area contributed by atoms with E-state index >= 15 is 0 Å². The molecule has 0 radical (unpaired) electrons. The first-order valence-corrected chi connectivity index (χ1v) is 5.71. The van der Waals surface area contributed by atoms with E-state index in [4.69, 9.17) is 0 Å². The molecule has 0 saturated carbocycles. The van der Waals surface area contributed by atoms with Gasteiger partial charge < -0.3 is 4.74 Å². The van der Waals surface area contributed by atoms with Crippen molar-refractivity contribution in [2.75, 3.05) is 6.61 Å². The van der Waals surface area contributed by atoms with Crippen molar-refractivity contribution < 1.29 is 57.4 Å². The summed E-state index contributed by atoms with van der Waals surface area (Å²) in [5, 5.41) is 0. The van der Waals surface area contributed by atoms with Crippen LogP contribution in [0.2, 0.25) is 0 Å². The second-order valence-electron chi connectivity index (χ2n) is 5.05. The van der Waals surface area contributed by atoms with Gasteiger partial charge in [0.05, 0.1) is 12.7 Å². The third kappa shape index (κ3) is 2.84. The van der Waals surface area contributed by atoms with Gasteiger partial charge in [-0.2, -0.15) is 52.7 Å². The summed E-state index contributed by atoms with van der Waals surface area (Å²) in [5.74, 6) is -40.8. The molecule has 1 atom stereocenters. The summed E-state index contributed by atoms with van der Waals surface area (Å²) >= 11 is 0. The maximum atomic E-state index is 13.2. The van der Waals surface area contributed by atoms with Crippen LogP contribution >= 0.6 is 0 Å². The Morgan fingerprint density at radius 3 is 1.35 bits per heavy atom. The molecule has 0 aromatic rings. The summed E-state index contributed by atoms with van der Waals surface area (Å²) in [7, 11) is 0. The van der Waals surface area contributed by atoms with Gasteiger partial charge in [0, 0.05) is 13.3 Å². The molecule has 0 amide bonds. The third-order valence-electron chi connectivity index (χ3n) is 3.08. The van der Waals surface area contributed by atoms with E-state index < -0.39 is 61.6 Å². The van der Waals surface area contributed by atoms with Gasteiger partial charge >= 0.3 is 35.5 Å². The van der Waals surface area contributed by atoms with Crippen LogP contribution in [0, 0.1) is 0 Å². The summed E-state index contributed by atoms with van der Waals surface area (Å²) < 4.78 is 159. The van der Waals surface area contributed by atoms with Gasteiger partial charge in [0.1, 0.15) is 0 Å². The Kier molecular flexibility index (Phi) is 4.43. The van der Waals surface area contributed by atoms with Crippen LogP contribution in [-0.4, -0.2) is 48.2 Å². The van der Waals surface area contributed by atoms with E-state index in [0.717, 1.165) is 0 Å². The molecule has 13 heteroatoms. The smallest absolute Gasteiger partial charge is 0.373 e. The first-order valence-electron chi connectivity index (χ1n) is 5.71. The molecule has 0 aromatic carbocycles. The second-order valence-corrected chi connectivity index (χ2v) is 5.05. The molecule has 1 unspecified atom stereocenters. The Hall–Kier alpha value is -0.880. The predicted octanol–water partition coefficient (Wildman–Crippen LogP) is 4.61. The van der Waals surface area contributed by atoms with Crippen LogP contribution in [0.3, 0.4) is 0 Å². The van der Waals surface area contributed by atoms with E-state index in [2.05, 4.69) is 4.74 Å². The van der Waals surface area contributed by atoms with E-state index in [1.54, 1.807) is 0 Å². The number of alkyl halides is 12. The Morgan fingerprint density at radius 1 is 0.696 bits per heavy atom. The Morgan fingerprint density at radius 2 is 1.04 bits per heavy atom. The fourth-order valence-corrected chi connectivity index (χ4v) is 1.50. The van der Waals surface area contributed by atoms with Gasteiger partial charge in [0.2, 0.25) is 0 Å². The second kappa shape index (κ2) is 5.06. The van der Waals surface area contributed by atoms with Gasteiger partial charge in [-0.15, -0.1) is 0 Å². The molecule has 0 N–H and O–H groups in total. The maximum absolute atomic E-state index is 13.2. The van der Waals surface area contributed by atoms with Crippen LogP contribution in [0.1, 0.15) is 13.3 Å². The normalized spacial score (nSPS) is 21.5. The van der Waals surface area contributed by atoms with Crippen molar-refractivity contribution in [1.29, 1.82) is 0 Å². The minimum atomic E-state index is -7.47. The first kappa shape index (κ1) is 20.2. The number of hydrogen-bond donors (Lipinski definition) is 0. The zero-order chi connectivity index (χ0) is 18.7. The predicted molar refractivity (Wildman–Crippen MR) is 49.7 cm³/mol. The van der Waals surface area contributed by atoms with Crippen LogP contribution in [0.5, 0.6) is 0 Å². The van der Waals surface area contributed by atoms with Crippen LogP contribution in [0.25, 0.3) is 0 Å². The molecule has 138 valence electrons. The van der Waals surface area contributed by atoms with Gasteiger partial charge in [0.25, 0.3) is 0 Å². The molecule has 1 saturated heterocycles. The Balaban J connectivity index is 3.30. The van der Waals surface area contributed by atoms with E-state index in [-0.39, 0.29) is 0 Å². The van der Waals surface area contributed by atoms with Crippen molar-refractivity contribution in [3.63, 3.8) is 0 Å². The minimum absolute atomic E-state index is 0.559. The number of rotatable bonds is 7. The lowest BCUT2D eigenvalue weighted by atomic mass is 9.90. The van der Waals surface area contributed by atoms with Crippen molar-refractivity contribution in [3.05, 3.63) is 0 Å². The first-order chi connectivity index (χ1) is 9.83. The van der Waals surface area contributed by atoms with Crippen LogP contribution in [0.15, 0.2) is 0 Å². The van der Waals surface area contributed by atoms with E-state index in [9.17, 15) is 52.7 Å². The molecule has 0 aliphatic carbocycles. The zero-order valence-electron chi connectivity index (χ0n) is 10.9. The van der Waals surface area contributed by atoms with E-state index in [0.29, 0.717) is 0 Å². The van der Waals surface area contributed by atoms with Crippen LogP contribution in [-0.2, 0) is 4.74 Å². The summed E-state index contributed by atoms with van der Waals surface area (Å²) in [6, 6.07) is 0. The number of ether oxygens (including phenoxy) is 1. The zero-order valence-corrected chi connectivity index (χ0v) is 10.9. The molecule has 0 spiro atoms. The molecule has 23 heavy (non-hydrogen) atoms. The Labute approximate surface area is 120 Å². The molecule has 1 aliphatic heterocycles. The van der Waals surface area contributed by atoms with Gasteiger partial charge in [-0.25, -0.2) is 0 Å². The van der Waals surface area contributed by atoms with Crippen molar-refractivity contribution in [3.8, 4) is 0 Å². The largest absolute Gasteiger partial charge is 0.384 e. The molecular formula is C10H8F12O. The van der Waals surface area contributed by atoms with Crippen molar-refractivity contribution in [2.45, 2.75) is 55.0 Å². The molecule has 0 aromatic heterocycles. The average molecular weight is 372 g/mol. The van der Waals surface area contributed by atoms with Crippen molar-refractivity contribution >= 4 is 0 Å². The summed E-state index contributed by atoms with van der Waals surface area (Å²) in [6.07, 6.45) is -3.83. The monoisotopic (exact) mass is 372 g/mol. The standard InChI is InChI=1S/C10H8F12O/c1-5(11,12)7(15,16)9(19,20)10(21,22)8(17,18)6(13,14)2-4-3-23-4/h4H,2-3H2,1H3. The Bertz CT molecular complexity index is 447. The SMILES string of the molecule is CC(F)(F)C(F)(F)C(F)(F)C(F)(F)C(F)(F)C(F)(F)CC1CO1. The molecule has 1 rings (SSSR count). The van der Waals surface area contributed by atoms with Crippen LogP contribution in [0.4, 0.5) is 52.7 Å². The summed E-state index contributed by atoms with van der Waals surface area (Å²) in [4.78, 5) is 0. The number of epoxide rings is 1. The van der Waals surface area contributed by atoms with Gasteiger partial charge in [-0.3, -0.25) is 0 Å². The molecule has 1 fully saturated rings. The molecule has 1 heterocycles. The highest BCUT2D eigenvalue weighted by Gasteiger charge is 2.89. The molecule has 1 nitrogen and oxygen atoms in total. The topological polar surface area (TPSA) is 12.5 Å². The summed E-state index contributed by atoms with van der Waals surface area (Å²) in [5.41, 5.74) is 0. The fraction of sp³-hybridized carbons (Fsp3) is 1.00. The van der Waals surface area contributed by atoms with Crippen molar-refractivity contribution in [1.82, 2.24) is 0 Å². The highest BCUT2D eigenvalue weighted by Crippen LogP contribution is 2.60. The van der Waals surface area contributed by atoms with Gasteiger partial charge in [-0.1, -0.05) is 0 Å². The van der Waals surface area contributed by atoms with E-state index in [1.165, 1.54) is 0 Å². The quantitative estimate of drug-likeness (QED) is 0.470. The lowest BCUT2D eigenvalue weighted by molar-refractivity contribution is -0.423. The minimum Gasteiger partial charge on any atom is -0.373 e. The van der Waals surface area contributed by atoms with Gasteiger partial charge in [0.15, 0.2) is 0 Å². The lowest BCUT2D eigenvalue weighted by Crippen LogP contribution is -2.70. The van der Waals surface area contributed by atoms with Crippen molar-refractivity contribution in [2.24, 2.45) is 0 Å². The van der Waals surface area contributed by atoms with Crippen LogP contribution < -0.4 is 0 Å². The lowest BCUT2D eigenvalue weighted by Gasteiger charge is -2.40. The molecule has 1 aliphatic rings. The fourth-order valence-electron chi connectivity index (χ4n) is 1.50. The highest BCUT2D eigenvalue weighted by molar-refractivity contribution is 5.11. The van der Waals surface area contributed by atoms with E-state index in [1.807, 2.05) is 0 Å². The summed E-state index contributed by atoms with van der Waals surface area (Å²) in [6.45, 7) is -1.50. The number of halogens is 12. The third-order valence-corrected chi connectivity index (χ3v) is 3.08. The highest BCUT2D eigenvalue weighted by atomic mass is 19.4. The maximum Gasteiger partial charge on any atom is 0.384 e.